The molecule has 0 aliphatic carbocycles. The van der Waals surface area contributed by atoms with Crippen LogP contribution in [0.2, 0.25) is 0 Å². The van der Waals surface area contributed by atoms with E-state index in [1.807, 2.05) is 62.4 Å². The molecule has 5 nitrogen and oxygen atoms in total. The van der Waals surface area contributed by atoms with E-state index in [4.69, 9.17) is 9.47 Å². The number of rotatable bonds is 12. The van der Waals surface area contributed by atoms with Crippen molar-refractivity contribution in [2.45, 2.75) is 39.5 Å². The molecule has 0 spiro atoms. The first-order valence-electron chi connectivity index (χ1n) is 10.8. The van der Waals surface area contributed by atoms with E-state index >= 15 is 0 Å². The summed E-state index contributed by atoms with van der Waals surface area (Å²) in [6, 6.07) is 16.0. The van der Waals surface area contributed by atoms with Gasteiger partial charge in [0.2, 0.25) is 0 Å². The summed E-state index contributed by atoms with van der Waals surface area (Å²) in [6.07, 6.45) is 7.07. The molecule has 0 unspecified atom stereocenters. The summed E-state index contributed by atoms with van der Waals surface area (Å²) < 4.78 is 15.6. The van der Waals surface area contributed by atoms with Crippen molar-refractivity contribution in [2.75, 3.05) is 20.3 Å². The van der Waals surface area contributed by atoms with E-state index in [9.17, 15) is 9.59 Å². The van der Waals surface area contributed by atoms with E-state index in [1.54, 1.807) is 6.08 Å². The van der Waals surface area contributed by atoms with E-state index in [0.717, 1.165) is 48.1 Å². The highest BCUT2D eigenvalue weighted by Crippen LogP contribution is 2.23. The van der Waals surface area contributed by atoms with Gasteiger partial charge >= 0.3 is 11.9 Å². The summed E-state index contributed by atoms with van der Waals surface area (Å²) in [7, 11) is 1.36. The quantitative estimate of drug-likeness (QED) is 0.249. The molecule has 0 heterocycles. The number of esters is 2. The zero-order chi connectivity index (χ0) is 22.5. The first-order chi connectivity index (χ1) is 15.0. The number of carbonyl (C=O) groups excluding carboxylic acids is 2. The van der Waals surface area contributed by atoms with Crippen molar-refractivity contribution >= 4 is 18.0 Å². The van der Waals surface area contributed by atoms with E-state index < -0.39 is 0 Å². The number of methoxy groups -OCH3 is 1. The second-order valence-electron chi connectivity index (χ2n) is 7.59. The maximum atomic E-state index is 11.4. The number of unbranched alkanes of at least 4 members (excludes halogenated alkanes) is 3. The molecule has 0 aliphatic heterocycles. The lowest BCUT2D eigenvalue weighted by Gasteiger charge is -2.08. The molecule has 2 aromatic rings. The smallest absolute Gasteiger partial charge is 0.330 e. The van der Waals surface area contributed by atoms with Gasteiger partial charge in [-0.15, -0.1) is 0 Å². The minimum absolute atomic E-state index is 0.0608. The summed E-state index contributed by atoms with van der Waals surface area (Å²) in [4.78, 5) is 22.5. The molecular weight excluding hydrogens is 392 g/mol. The topological polar surface area (TPSA) is 61.8 Å². The van der Waals surface area contributed by atoms with Crippen LogP contribution in [0.5, 0.6) is 5.75 Å². The molecule has 166 valence electrons. The van der Waals surface area contributed by atoms with E-state index in [-0.39, 0.29) is 17.9 Å². The lowest BCUT2D eigenvalue weighted by atomic mass is 10.0. The Morgan fingerprint density at radius 1 is 0.839 bits per heavy atom. The SMILES string of the molecule is COC(=O)/C=C/c1ccc(-c2ccc(OCCCCCCOC(=O)C(C)C)cc2)cc1. The normalized spacial score (nSPS) is 11.0. The van der Waals surface area contributed by atoms with Gasteiger partial charge in [0.05, 0.1) is 26.2 Å². The molecule has 0 amide bonds. The van der Waals surface area contributed by atoms with Crippen LogP contribution in [0.15, 0.2) is 54.6 Å². The van der Waals surface area contributed by atoms with Gasteiger partial charge in [0.1, 0.15) is 5.75 Å². The molecular formula is C26H32O5. The number of hydrogen-bond acceptors (Lipinski definition) is 5. The summed E-state index contributed by atoms with van der Waals surface area (Å²) in [5, 5.41) is 0. The highest BCUT2D eigenvalue weighted by molar-refractivity contribution is 5.87. The van der Waals surface area contributed by atoms with Crippen LogP contribution in [-0.4, -0.2) is 32.3 Å². The van der Waals surface area contributed by atoms with Crippen LogP contribution in [0.3, 0.4) is 0 Å². The number of hydrogen-bond donors (Lipinski definition) is 0. The Balaban J connectivity index is 1.68. The average molecular weight is 425 g/mol. The van der Waals surface area contributed by atoms with E-state index in [0.29, 0.717) is 13.2 Å². The lowest BCUT2D eigenvalue weighted by Crippen LogP contribution is -2.12. The fourth-order valence-corrected chi connectivity index (χ4v) is 2.85. The van der Waals surface area contributed by atoms with Crippen molar-refractivity contribution in [3.63, 3.8) is 0 Å². The Morgan fingerprint density at radius 2 is 1.42 bits per heavy atom. The van der Waals surface area contributed by atoms with Crippen LogP contribution in [0.25, 0.3) is 17.2 Å². The summed E-state index contributed by atoms with van der Waals surface area (Å²) in [6.45, 7) is 4.86. The molecule has 2 rings (SSSR count). The maximum Gasteiger partial charge on any atom is 0.330 e. The number of carbonyl (C=O) groups is 2. The molecule has 0 aliphatic rings. The molecule has 0 fully saturated rings. The second kappa shape index (κ2) is 13.3. The monoisotopic (exact) mass is 424 g/mol. The van der Waals surface area contributed by atoms with Gasteiger partial charge in [0.15, 0.2) is 0 Å². The van der Waals surface area contributed by atoms with Gasteiger partial charge in [-0.05, 0) is 60.6 Å². The molecule has 0 N–H and O–H groups in total. The first kappa shape index (κ1) is 24.2. The minimum Gasteiger partial charge on any atom is -0.494 e. The molecule has 0 bridgehead atoms. The number of benzene rings is 2. The first-order valence-corrected chi connectivity index (χ1v) is 10.8. The summed E-state index contributed by atoms with van der Waals surface area (Å²) >= 11 is 0. The molecule has 0 aromatic heterocycles. The fourth-order valence-electron chi connectivity index (χ4n) is 2.85. The van der Waals surface area contributed by atoms with Gasteiger partial charge in [-0.25, -0.2) is 4.79 Å². The Kier molecular flexibility index (Phi) is 10.4. The third-order valence-corrected chi connectivity index (χ3v) is 4.73. The maximum absolute atomic E-state index is 11.4. The van der Waals surface area contributed by atoms with Gasteiger partial charge < -0.3 is 14.2 Å². The Labute approximate surface area is 185 Å². The third kappa shape index (κ3) is 9.08. The van der Waals surface area contributed by atoms with Gasteiger partial charge in [0, 0.05) is 6.08 Å². The second-order valence-corrected chi connectivity index (χ2v) is 7.59. The minimum atomic E-state index is -0.369. The standard InChI is InChI=1S/C26H32O5/c1-20(2)26(28)31-19-7-5-4-6-18-30-24-15-13-23(14-16-24)22-11-8-21(9-12-22)10-17-25(27)29-3/h8-17,20H,4-7,18-19H2,1-3H3/b17-10+. The van der Waals surface area contributed by atoms with Gasteiger partial charge in [-0.1, -0.05) is 50.2 Å². The van der Waals surface area contributed by atoms with Crippen LogP contribution in [0.4, 0.5) is 0 Å². The van der Waals surface area contributed by atoms with E-state index in [1.165, 1.54) is 13.2 Å². The van der Waals surface area contributed by atoms with Gasteiger partial charge in [0.25, 0.3) is 0 Å². The highest BCUT2D eigenvalue weighted by atomic mass is 16.5. The zero-order valence-corrected chi connectivity index (χ0v) is 18.6. The molecule has 31 heavy (non-hydrogen) atoms. The van der Waals surface area contributed by atoms with Crippen LogP contribution in [0.1, 0.15) is 45.1 Å². The highest BCUT2D eigenvalue weighted by Gasteiger charge is 2.07. The van der Waals surface area contributed by atoms with Crippen molar-refractivity contribution in [1.29, 1.82) is 0 Å². The summed E-state index contributed by atoms with van der Waals surface area (Å²) in [5.74, 6) is 0.298. The third-order valence-electron chi connectivity index (χ3n) is 4.73. The van der Waals surface area contributed by atoms with Crippen LogP contribution in [-0.2, 0) is 19.1 Å². The van der Waals surface area contributed by atoms with Crippen LogP contribution < -0.4 is 4.74 Å². The van der Waals surface area contributed by atoms with Crippen molar-refractivity contribution < 1.29 is 23.8 Å². The van der Waals surface area contributed by atoms with Crippen molar-refractivity contribution in [1.82, 2.24) is 0 Å². The lowest BCUT2D eigenvalue weighted by molar-refractivity contribution is -0.147. The Bertz CT molecular complexity index is 835. The molecule has 0 saturated heterocycles. The van der Waals surface area contributed by atoms with Crippen molar-refractivity contribution in [3.8, 4) is 16.9 Å². The average Bonchev–Trinajstić information content (AvgIpc) is 2.79. The zero-order valence-electron chi connectivity index (χ0n) is 18.6. The van der Waals surface area contributed by atoms with Crippen LogP contribution >= 0.6 is 0 Å². The molecule has 0 radical (unpaired) electrons. The molecule has 0 saturated carbocycles. The number of ether oxygens (including phenoxy) is 3. The fraction of sp³-hybridized carbons (Fsp3) is 0.385. The molecule has 0 atom stereocenters. The van der Waals surface area contributed by atoms with Gasteiger partial charge in [-0.2, -0.15) is 0 Å². The van der Waals surface area contributed by atoms with Crippen molar-refractivity contribution in [2.24, 2.45) is 5.92 Å². The Morgan fingerprint density at radius 3 is 2.00 bits per heavy atom. The van der Waals surface area contributed by atoms with Crippen LogP contribution in [0, 0.1) is 5.92 Å². The van der Waals surface area contributed by atoms with Gasteiger partial charge in [-0.3, -0.25) is 4.79 Å². The van der Waals surface area contributed by atoms with Crippen molar-refractivity contribution in [3.05, 3.63) is 60.2 Å². The van der Waals surface area contributed by atoms with E-state index in [2.05, 4.69) is 4.74 Å². The Hall–Kier alpha value is -3.08. The molecule has 5 heteroatoms. The summed E-state index contributed by atoms with van der Waals surface area (Å²) in [5.41, 5.74) is 3.14. The largest absolute Gasteiger partial charge is 0.494 e. The predicted molar refractivity (Wildman–Crippen MR) is 123 cm³/mol. The molecule has 2 aromatic carbocycles. The predicted octanol–water partition coefficient (Wildman–Crippen LogP) is 5.68.